The van der Waals surface area contributed by atoms with E-state index < -0.39 is 0 Å². The van der Waals surface area contributed by atoms with Crippen LogP contribution in [0.5, 0.6) is 0 Å². The van der Waals surface area contributed by atoms with Gasteiger partial charge in [0.1, 0.15) is 5.69 Å². The van der Waals surface area contributed by atoms with Crippen LogP contribution in [-0.2, 0) is 4.79 Å². The molecule has 2 amide bonds. The van der Waals surface area contributed by atoms with E-state index in [1.54, 1.807) is 11.1 Å². The van der Waals surface area contributed by atoms with Crippen LogP contribution in [0.3, 0.4) is 0 Å². The molecule has 0 aromatic carbocycles. The van der Waals surface area contributed by atoms with Crippen molar-refractivity contribution in [2.75, 3.05) is 13.1 Å². The molecular weight excluding hydrogens is 280 g/mol. The molecule has 0 aliphatic heterocycles. The number of aromatic nitrogens is 2. The zero-order valence-corrected chi connectivity index (χ0v) is 14.1. The normalized spacial score (nSPS) is 10.9. The summed E-state index contributed by atoms with van der Waals surface area (Å²) in [6, 6.07) is 0.102. The highest BCUT2D eigenvalue weighted by Crippen LogP contribution is 2.06. The highest BCUT2D eigenvalue weighted by Gasteiger charge is 2.19. The van der Waals surface area contributed by atoms with Gasteiger partial charge in [-0.1, -0.05) is 13.8 Å². The molecule has 6 nitrogen and oxygen atoms in total. The van der Waals surface area contributed by atoms with Gasteiger partial charge in [-0.3, -0.25) is 14.6 Å². The third-order valence-electron chi connectivity index (χ3n) is 2.93. The zero-order valence-electron chi connectivity index (χ0n) is 14.1. The first-order valence-corrected chi connectivity index (χ1v) is 7.67. The molecule has 0 spiro atoms. The van der Waals surface area contributed by atoms with Crippen LogP contribution in [0, 0.1) is 12.8 Å². The monoisotopic (exact) mass is 306 g/mol. The van der Waals surface area contributed by atoms with Gasteiger partial charge in [-0.25, -0.2) is 4.98 Å². The fourth-order valence-corrected chi connectivity index (χ4v) is 2.01. The van der Waals surface area contributed by atoms with Crippen LogP contribution in [0.1, 0.15) is 50.3 Å². The van der Waals surface area contributed by atoms with Gasteiger partial charge in [0.2, 0.25) is 5.91 Å². The van der Waals surface area contributed by atoms with Gasteiger partial charge in [0.05, 0.1) is 11.9 Å². The van der Waals surface area contributed by atoms with Crippen LogP contribution < -0.4 is 5.32 Å². The predicted octanol–water partition coefficient (Wildman–Crippen LogP) is 1.80. The topological polar surface area (TPSA) is 75.2 Å². The Morgan fingerprint density at radius 1 is 1.18 bits per heavy atom. The van der Waals surface area contributed by atoms with Gasteiger partial charge in [0, 0.05) is 31.7 Å². The van der Waals surface area contributed by atoms with Crippen molar-refractivity contribution in [3.8, 4) is 0 Å². The molecule has 1 N–H and O–H groups in total. The Balaban J connectivity index is 2.73. The number of aryl methyl sites for hydroxylation is 1. The number of carbonyl (C=O) groups is 2. The van der Waals surface area contributed by atoms with Gasteiger partial charge in [-0.05, 0) is 26.7 Å². The lowest BCUT2D eigenvalue weighted by atomic mass is 10.2. The predicted molar refractivity (Wildman–Crippen MR) is 85.4 cm³/mol. The maximum Gasteiger partial charge on any atom is 0.274 e. The average Bonchev–Trinajstić information content (AvgIpc) is 2.42. The second-order valence-electron chi connectivity index (χ2n) is 6.16. The summed E-state index contributed by atoms with van der Waals surface area (Å²) in [6.45, 7) is 10.7. The second-order valence-corrected chi connectivity index (χ2v) is 6.16. The molecule has 0 saturated heterocycles. The summed E-state index contributed by atoms with van der Waals surface area (Å²) in [6.07, 6.45) is 3.35. The first-order chi connectivity index (χ1) is 10.3. The quantitative estimate of drug-likeness (QED) is 0.833. The minimum atomic E-state index is -0.182. The standard InChI is InChI=1S/C16H26N4O2/c1-11(2)10-20(7-6-15(21)19-12(3)4)16(22)14-9-17-13(5)8-18-14/h8-9,11-12H,6-7,10H2,1-5H3,(H,19,21). The van der Waals surface area contributed by atoms with Crippen LogP contribution in [0.2, 0.25) is 0 Å². The average molecular weight is 306 g/mol. The molecule has 0 radical (unpaired) electrons. The lowest BCUT2D eigenvalue weighted by molar-refractivity contribution is -0.121. The van der Waals surface area contributed by atoms with Gasteiger partial charge in [-0.2, -0.15) is 0 Å². The van der Waals surface area contributed by atoms with Crippen molar-refractivity contribution in [1.29, 1.82) is 0 Å². The maximum absolute atomic E-state index is 12.5. The third kappa shape index (κ3) is 6.20. The van der Waals surface area contributed by atoms with E-state index in [0.717, 1.165) is 5.69 Å². The summed E-state index contributed by atoms with van der Waals surface area (Å²) in [5.74, 6) is 0.0839. The van der Waals surface area contributed by atoms with Crippen LogP contribution >= 0.6 is 0 Å². The molecule has 6 heteroatoms. The van der Waals surface area contributed by atoms with Gasteiger partial charge in [0.15, 0.2) is 0 Å². The number of rotatable bonds is 7. The zero-order chi connectivity index (χ0) is 16.7. The van der Waals surface area contributed by atoms with Crippen LogP contribution in [0.25, 0.3) is 0 Å². The van der Waals surface area contributed by atoms with Crippen LogP contribution in [0.15, 0.2) is 12.4 Å². The molecule has 1 rings (SSSR count). The molecular formula is C16H26N4O2. The molecule has 22 heavy (non-hydrogen) atoms. The van der Waals surface area contributed by atoms with Gasteiger partial charge in [-0.15, -0.1) is 0 Å². The highest BCUT2D eigenvalue weighted by molar-refractivity contribution is 5.92. The van der Waals surface area contributed by atoms with Crippen molar-refractivity contribution in [3.05, 3.63) is 23.8 Å². The van der Waals surface area contributed by atoms with Crippen molar-refractivity contribution in [3.63, 3.8) is 0 Å². The summed E-state index contributed by atoms with van der Waals surface area (Å²) in [7, 11) is 0. The molecule has 0 unspecified atom stereocenters. The number of nitrogens with zero attached hydrogens (tertiary/aromatic N) is 3. The summed E-state index contributed by atoms with van der Waals surface area (Å²) < 4.78 is 0. The molecule has 0 saturated carbocycles. The van der Waals surface area contributed by atoms with Crippen molar-refractivity contribution in [2.24, 2.45) is 5.92 Å². The summed E-state index contributed by atoms with van der Waals surface area (Å²) in [4.78, 5) is 34.2. The molecule has 1 heterocycles. The Hall–Kier alpha value is -1.98. The summed E-state index contributed by atoms with van der Waals surface area (Å²) in [5.41, 5.74) is 1.08. The van der Waals surface area contributed by atoms with E-state index in [-0.39, 0.29) is 24.3 Å². The SMILES string of the molecule is Cc1cnc(C(=O)N(CCC(=O)NC(C)C)CC(C)C)cn1. The summed E-state index contributed by atoms with van der Waals surface area (Å²) in [5, 5.41) is 2.83. The van der Waals surface area contributed by atoms with Crippen LogP contribution in [0.4, 0.5) is 0 Å². The van der Waals surface area contributed by atoms with E-state index in [1.165, 1.54) is 6.20 Å². The van der Waals surface area contributed by atoms with Crippen molar-refractivity contribution in [1.82, 2.24) is 20.2 Å². The highest BCUT2D eigenvalue weighted by atomic mass is 16.2. The largest absolute Gasteiger partial charge is 0.354 e. The van der Waals surface area contributed by atoms with Crippen LogP contribution in [-0.4, -0.2) is 45.8 Å². The fourth-order valence-electron chi connectivity index (χ4n) is 2.01. The Kier molecular flexibility index (Phi) is 6.95. The van der Waals surface area contributed by atoms with E-state index in [0.29, 0.717) is 24.7 Å². The van der Waals surface area contributed by atoms with E-state index in [1.807, 2.05) is 34.6 Å². The van der Waals surface area contributed by atoms with Crippen molar-refractivity contribution in [2.45, 2.75) is 47.1 Å². The number of hydrogen-bond donors (Lipinski definition) is 1. The van der Waals surface area contributed by atoms with E-state index >= 15 is 0 Å². The Labute approximate surface area is 132 Å². The molecule has 1 aromatic heterocycles. The number of carbonyl (C=O) groups excluding carboxylic acids is 2. The molecule has 1 aromatic rings. The van der Waals surface area contributed by atoms with Crippen molar-refractivity contribution < 1.29 is 9.59 Å². The molecule has 0 aliphatic carbocycles. The Morgan fingerprint density at radius 3 is 2.36 bits per heavy atom. The minimum absolute atomic E-state index is 0.0495. The first kappa shape index (κ1) is 18.1. The lowest BCUT2D eigenvalue weighted by Crippen LogP contribution is -2.39. The fraction of sp³-hybridized carbons (Fsp3) is 0.625. The Bertz CT molecular complexity index is 497. The van der Waals surface area contributed by atoms with Gasteiger partial charge in [0.25, 0.3) is 5.91 Å². The molecule has 0 aliphatic rings. The molecule has 0 fully saturated rings. The number of hydrogen-bond acceptors (Lipinski definition) is 4. The summed E-state index contributed by atoms with van der Waals surface area (Å²) >= 11 is 0. The minimum Gasteiger partial charge on any atom is -0.354 e. The number of amides is 2. The Morgan fingerprint density at radius 2 is 1.86 bits per heavy atom. The van der Waals surface area contributed by atoms with Gasteiger partial charge < -0.3 is 10.2 Å². The molecule has 0 bridgehead atoms. The third-order valence-corrected chi connectivity index (χ3v) is 2.93. The molecule has 122 valence electrons. The van der Waals surface area contributed by atoms with Gasteiger partial charge >= 0.3 is 0 Å². The van der Waals surface area contributed by atoms with E-state index in [4.69, 9.17) is 0 Å². The maximum atomic E-state index is 12.5. The smallest absolute Gasteiger partial charge is 0.274 e. The first-order valence-electron chi connectivity index (χ1n) is 7.67. The lowest BCUT2D eigenvalue weighted by Gasteiger charge is -2.24. The van der Waals surface area contributed by atoms with E-state index in [2.05, 4.69) is 15.3 Å². The van der Waals surface area contributed by atoms with E-state index in [9.17, 15) is 9.59 Å². The second kappa shape index (κ2) is 8.46. The molecule has 0 atom stereocenters. The number of nitrogens with one attached hydrogen (secondary N) is 1. The van der Waals surface area contributed by atoms with Crippen molar-refractivity contribution >= 4 is 11.8 Å².